The molecule has 2 rings (SSSR count). The van der Waals surface area contributed by atoms with Crippen molar-refractivity contribution in [1.29, 1.82) is 0 Å². The minimum Gasteiger partial charge on any atom is -0.481 e. The lowest BCUT2D eigenvalue weighted by Gasteiger charge is -2.37. The molecular formula is C13H17N3O3. The second kappa shape index (κ2) is 4.87. The number of anilines is 1. The van der Waals surface area contributed by atoms with Gasteiger partial charge in [0.2, 0.25) is 5.91 Å². The number of nitrogens with zero attached hydrogens (tertiary/aromatic N) is 2. The Balaban J connectivity index is 2.12. The van der Waals surface area contributed by atoms with Gasteiger partial charge in [0.1, 0.15) is 5.82 Å². The van der Waals surface area contributed by atoms with Crippen LogP contribution in [0.25, 0.3) is 0 Å². The number of primary amides is 1. The molecule has 1 aromatic rings. The van der Waals surface area contributed by atoms with E-state index in [1.54, 1.807) is 25.3 Å². The molecule has 0 aliphatic carbocycles. The summed E-state index contributed by atoms with van der Waals surface area (Å²) in [5.74, 6) is -0.578. The van der Waals surface area contributed by atoms with Gasteiger partial charge >= 0.3 is 5.97 Å². The van der Waals surface area contributed by atoms with Crippen LogP contribution in [0.3, 0.4) is 0 Å². The molecule has 6 heteroatoms. The Morgan fingerprint density at radius 2 is 2.05 bits per heavy atom. The highest BCUT2D eigenvalue weighted by atomic mass is 16.4. The Kier molecular flexibility index (Phi) is 3.42. The molecule has 0 unspecified atom stereocenters. The number of amides is 1. The Bertz CT molecular complexity index is 508. The Morgan fingerprint density at radius 1 is 1.42 bits per heavy atom. The number of piperidine rings is 1. The highest BCUT2D eigenvalue weighted by Crippen LogP contribution is 2.32. The van der Waals surface area contributed by atoms with Gasteiger partial charge in [-0.15, -0.1) is 0 Å². The highest BCUT2D eigenvalue weighted by Gasteiger charge is 2.37. The van der Waals surface area contributed by atoms with E-state index in [4.69, 9.17) is 5.73 Å². The Morgan fingerprint density at radius 3 is 2.58 bits per heavy atom. The normalized spacial score (nSPS) is 18.1. The number of nitrogens with two attached hydrogens (primary N) is 1. The molecule has 1 aliphatic heterocycles. The van der Waals surface area contributed by atoms with E-state index in [2.05, 4.69) is 4.98 Å². The molecule has 0 radical (unpaired) electrons. The molecular weight excluding hydrogens is 246 g/mol. The maximum atomic E-state index is 11.2. The maximum absolute atomic E-state index is 11.2. The van der Waals surface area contributed by atoms with Crippen LogP contribution in [-0.2, 0) is 4.79 Å². The molecule has 0 aromatic carbocycles. The van der Waals surface area contributed by atoms with Crippen molar-refractivity contribution in [3.63, 3.8) is 0 Å². The van der Waals surface area contributed by atoms with Crippen LogP contribution in [0.5, 0.6) is 0 Å². The van der Waals surface area contributed by atoms with Crippen molar-refractivity contribution < 1.29 is 14.7 Å². The minimum absolute atomic E-state index is 0.413. The van der Waals surface area contributed by atoms with Gasteiger partial charge in [0.05, 0.1) is 5.41 Å². The molecule has 102 valence electrons. The molecule has 6 nitrogen and oxygen atoms in total. The second-order valence-electron chi connectivity index (χ2n) is 5.12. The number of carboxylic acids is 1. The fourth-order valence-electron chi connectivity index (χ4n) is 2.19. The zero-order valence-corrected chi connectivity index (χ0v) is 10.8. The predicted molar refractivity (Wildman–Crippen MR) is 69.9 cm³/mol. The van der Waals surface area contributed by atoms with Crippen LogP contribution in [-0.4, -0.2) is 35.1 Å². The molecule has 0 bridgehead atoms. The summed E-state index contributed by atoms with van der Waals surface area (Å²) < 4.78 is 0. The number of rotatable bonds is 3. The van der Waals surface area contributed by atoms with Gasteiger partial charge in [0, 0.05) is 24.8 Å². The van der Waals surface area contributed by atoms with E-state index in [-0.39, 0.29) is 0 Å². The Hall–Kier alpha value is -2.11. The standard InChI is InChI=1S/C13H17N3O3/c1-13(12(18)19)3-6-16(7-4-13)10-8-9(11(14)17)2-5-15-10/h2,5,8H,3-4,6-7H2,1H3,(H2,14,17)(H,18,19). The summed E-state index contributed by atoms with van der Waals surface area (Å²) in [6, 6.07) is 3.21. The second-order valence-corrected chi connectivity index (χ2v) is 5.12. The van der Waals surface area contributed by atoms with E-state index in [1.807, 2.05) is 4.90 Å². The zero-order valence-electron chi connectivity index (χ0n) is 10.8. The monoisotopic (exact) mass is 263 g/mol. The number of pyridine rings is 1. The summed E-state index contributed by atoms with van der Waals surface area (Å²) in [7, 11) is 0. The van der Waals surface area contributed by atoms with Crippen LogP contribution in [0.15, 0.2) is 18.3 Å². The van der Waals surface area contributed by atoms with Crippen LogP contribution >= 0.6 is 0 Å². The van der Waals surface area contributed by atoms with Crippen LogP contribution in [0, 0.1) is 5.41 Å². The van der Waals surface area contributed by atoms with Crippen molar-refractivity contribution in [2.45, 2.75) is 19.8 Å². The van der Waals surface area contributed by atoms with E-state index in [1.165, 1.54) is 0 Å². The van der Waals surface area contributed by atoms with Gasteiger partial charge in [-0.05, 0) is 31.9 Å². The predicted octanol–water partition coefficient (Wildman–Crippen LogP) is 0.872. The van der Waals surface area contributed by atoms with Gasteiger partial charge < -0.3 is 15.7 Å². The summed E-state index contributed by atoms with van der Waals surface area (Å²) in [6.45, 7) is 2.98. The molecule has 1 aromatic heterocycles. The third-order valence-electron chi connectivity index (χ3n) is 3.74. The van der Waals surface area contributed by atoms with Crippen LogP contribution in [0.1, 0.15) is 30.1 Å². The van der Waals surface area contributed by atoms with Crippen molar-refractivity contribution >= 4 is 17.7 Å². The first kappa shape index (κ1) is 13.3. The molecule has 1 aliphatic rings. The van der Waals surface area contributed by atoms with E-state index < -0.39 is 17.3 Å². The number of aliphatic carboxylic acids is 1. The maximum Gasteiger partial charge on any atom is 0.309 e. The molecule has 0 saturated carbocycles. The molecule has 19 heavy (non-hydrogen) atoms. The van der Waals surface area contributed by atoms with Gasteiger partial charge in [-0.1, -0.05) is 0 Å². The molecule has 1 amide bonds. The average Bonchev–Trinajstić information content (AvgIpc) is 2.39. The van der Waals surface area contributed by atoms with Gasteiger partial charge in [0.25, 0.3) is 0 Å². The van der Waals surface area contributed by atoms with Crippen molar-refractivity contribution in [3.05, 3.63) is 23.9 Å². The third kappa shape index (κ3) is 2.67. The van der Waals surface area contributed by atoms with Crippen molar-refractivity contribution in [2.75, 3.05) is 18.0 Å². The van der Waals surface area contributed by atoms with Gasteiger partial charge in [0.15, 0.2) is 0 Å². The summed E-state index contributed by atoms with van der Waals surface area (Å²) in [5, 5.41) is 9.18. The molecule has 1 saturated heterocycles. The van der Waals surface area contributed by atoms with E-state index in [0.717, 1.165) is 0 Å². The zero-order chi connectivity index (χ0) is 14.0. The van der Waals surface area contributed by atoms with Crippen molar-refractivity contribution in [3.8, 4) is 0 Å². The van der Waals surface area contributed by atoms with E-state index >= 15 is 0 Å². The number of aromatic nitrogens is 1. The molecule has 0 spiro atoms. The van der Waals surface area contributed by atoms with Crippen LogP contribution < -0.4 is 10.6 Å². The van der Waals surface area contributed by atoms with Gasteiger partial charge in [-0.25, -0.2) is 4.98 Å². The first-order valence-electron chi connectivity index (χ1n) is 6.16. The smallest absolute Gasteiger partial charge is 0.309 e. The van der Waals surface area contributed by atoms with Crippen LogP contribution in [0.4, 0.5) is 5.82 Å². The largest absolute Gasteiger partial charge is 0.481 e. The first-order chi connectivity index (χ1) is 8.92. The van der Waals surface area contributed by atoms with Crippen molar-refractivity contribution in [1.82, 2.24) is 4.98 Å². The number of carbonyl (C=O) groups is 2. The molecule has 3 N–H and O–H groups in total. The van der Waals surface area contributed by atoms with Crippen LogP contribution in [0.2, 0.25) is 0 Å². The fourth-order valence-corrected chi connectivity index (χ4v) is 2.19. The lowest BCUT2D eigenvalue weighted by atomic mass is 9.80. The first-order valence-corrected chi connectivity index (χ1v) is 6.16. The number of hydrogen-bond acceptors (Lipinski definition) is 4. The van der Waals surface area contributed by atoms with E-state index in [9.17, 15) is 14.7 Å². The highest BCUT2D eigenvalue weighted by molar-refractivity contribution is 5.93. The average molecular weight is 263 g/mol. The molecule has 0 atom stereocenters. The van der Waals surface area contributed by atoms with Gasteiger partial charge in [-0.2, -0.15) is 0 Å². The summed E-state index contributed by atoms with van der Waals surface area (Å²) in [4.78, 5) is 28.5. The summed E-state index contributed by atoms with van der Waals surface area (Å²) in [6.07, 6.45) is 2.66. The summed E-state index contributed by atoms with van der Waals surface area (Å²) in [5.41, 5.74) is 4.98. The summed E-state index contributed by atoms with van der Waals surface area (Å²) >= 11 is 0. The topological polar surface area (TPSA) is 96.5 Å². The number of carboxylic acid groups (broad SMARTS) is 1. The quantitative estimate of drug-likeness (QED) is 0.843. The molecule has 2 heterocycles. The van der Waals surface area contributed by atoms with E-state index in [0.29, 0.717) is 37.3 Å². The number of hydrogen-bond donors (Lipinski definition) is 2. The third-order valence-corrected chi connectivity index (χ3v) is 3.74. The minimum atomic E-state index is -0.758. The Labute approximate surface area is 111 Å². The van der Waals surface area contributed by atoms with Crippen molar-refractivity contribution in [2.24, 2.45) is 11.1 Å². The number of carbonyl (C=O) groups excluding carboxylic acids is 1. The lowest BCUT2D eigenvalue weighted by Crippen LogP contribution is -2.43. The van der Waals surface area contributed by atoms with Gasteiger partial charge in [-0.3, -0.25) is 9.59 Å². The molecule has 1 fully saturated rings. The SMILES string of the molecule is CC1(C(=O)O)CCN(c2cc(C(N)=O)ccn2)CC1. The lowest BCUT2D eigenvalue weighted by molar-refractivity contribution is -0.149. The fraction of sp³-hybridized carbons (Fsp3) is 0.462.